The number of allylic oxidation sites excluding steroid dienone is 12. The van der Waals surface area contributed by atoms with E-state index in [1.807, 2.05) is 18.2 Å². The van der Waals surface area contributed by atoms with Crippen LogP contribution in [0, 0.1) is 11.8 Å². The van der Waals surface area contributed by atoms with Gasteiger partial charge in [0.1, 0.15) is 5.82 Å². The van der Waals surface area contributed by atoms with Crippen molar-refractivity contribution in [3.05, 3.63) is 124 Å². The largest absolute Gasteiger partial charge is 0.416 e. The normalized spacial score (nSPS) is 24.0. The predicted octanol–water partition coefficient (Wildman–Crippen LogP) is 9.68. The summed E-state index contributed by atoms with van der Waals surface area (Å²) < 4.78 is 84.5. The van der Waals surface area contributed by atoms with Gasteiger partial charge in [-0.15, -0.1) is 0 Å². The first-order valence-electron chi connectivity index (χ1n) is 14.6. The second-order valence-corrected chi connectivity index (χ2v) is 11.8. The number of fused-ring (bicyclic) bond motifs is 8. The highest BCUT2D eigenvalue weighted by Gasteiger charge is 2.49. The molecular formula is C35H25F6N3. The minimum atomic E-state index is -4.51. The minimum Gasteiger partial charge on any atom is -0.319 e. The molecule has 0 saturated heterocycles. The summed E-state index contributed by atoms with van der Waals surface area (Å²) in [5, 5.41) is 0. The monoisotopic (exact) mass is 601 g/mol. The van der Waals surface area contributed by atoms with Crippen molar-refractivity contribution in [2.75, 3.05) is 0 Å². The maximum atomic E-state index is 13.8. The molecule has 0 radical (unpaired) electrons. The smallest absolute Gasteiger partial charge is 0.319 e. The predicted molar refractivity (Wildman–Crippen MR) is 157 cm³/mol. The summed E-state index contributed by atoms with van der Waals surface area (Å²) >= 11 is 0. The lowest BCUT2D eigenvalue weighted by Crippen LogP contribution is -2.29. The lowest BCUT2D eigenvalue weighted by molar-refractivity contribution is -0.138. The average Bonchev–Trinajstić information content (AvgIpc) is 3.47. The Bertz CT molecular complexity index is 1960. The van der Waals surface area contributed by atoms with Gasteiger partial charge in [-0.3, -0.25) is 4.99 Å². The van der Waals surface area contributed by atoms with Crippen LogP contribution in [0.25, 0.3) is 16.6 Å². The molecule has 3 atom stereocenters. The van der Waals surface area contributed by atoms with Crippen LogP contribution in [-0.4, -0.2) is 15.3 Å². The van der Waals surface area contributed by atoms with E-state index in [1.165, 1.54) is 12.1 Å². The second kappa shape index (κ2) is 9.55. The van der Waals surface area contributed by atoms with Crippen LogP contribution < -0.4 is 0 Å². The second-order valence-electron chi connectivity index (χ2n) is 11.8. The first-order valence-corrected chi connectivity index (χ1v) is 14.6. The van der Waals surface area contributed by atoms with Crippen LogP contribution in [0.1, 0.15) is 47.8 Å². The van der Waals surface area contributed by atoms with Crippen molar-refractivity contribution >= 4 is 28.0 Å². The summed E-state index contributed by atoms with van der Waals surface area (Å²) in [6.07, 6.45) is 10.2. The van der Waals surface area contributed by atoms with E-state index < -0.39 is 23.5 Å². The zero-order valence-electron chi connectivity index (χ0n) is 23.3. The molecule has 2 bridgehead atoms. The van der Waals surface area contributed by atoms with E-state index in [0.29, 0.717) is 35.5 Å². The number of hydrogen-bond acceptors (Lipinski definition) is 2. The molecule has 3 nitrogen and oxygen atoms in total. The van der Waals surface area contributed by atoms with Crippen LogP contribution in [0.3, 0.4) is 0 Å². The Morgan fingerprint density at radius 1 is 0.864 bits per heavy atom. The number of aliphatic imine (C=N–C) groups is 1. The summed E-state index contributed by atoms with van der Waals surface area (Å²) in [5.41, 5.74) is 4.70. The van der Waals surface area contributed by atoms with E-state index in [-0.39, 0.29) is 29.1 Å². The van der Waals surface area contributed by atoms with Gasteiger partial charge in [0.2, 0.25) is 0 Å². The van der Waals surface area contributed by atoms with Gasteiger partial charge in [-0.25, -0.2) is 4.98 Å². The fourth-order valence-electron chi connectivity index (χ4n) is 7.34. The zero-order valence-corrected chi connectivity index (χ0v) is 23.3. The topological polar surface area (TPSA) is 30.2 Å². The molecular weight excluding hydrogens is 576 g/mol. The maximum absolute atomic E-state index is 13.8. The fourth-order valence-corrected chi connectivity index (χ4v) is 7.34. The molecule has 5 aliphatic rings. The summed E-state index contributed by atoms with van der Waals surface area (Å²) in [6.45, 7) is 0. The summed E-state index contributed by atoms with van der Waals surface area (Å²) in [7, 11) is 0. The lowest BCUT2D eigenvalue weighted by Gasteiger charge is -2.32. The molecule has 3 aliphatic carbocycles. The van der Waals surface area contributed by atoms with Gasteiger partial charge in [0.25, 0.3) is 0 Å². The van der Waals surface area contributed by atoms with Gasteiger partial charge in [-0.2, -0.15) is 26.3 Å². The molecule has 1 aromatic heterocycles. The molecule has 8 rings (SSSR count). The van der Waals surface area contributed by atoms with Crippen molar-refractivity contribution in [1.29, 1.82) is 0 Å². The number of nitrogens with zero attached hydrogens (tertiary/aromatic N) is 3. The van der Waals surface area contributed by atoms with Crippen molar-refractivity contribution in [2.24, 2.45) is 16.8 Å². The Kier molecular flexibility index (Phi) is 5.90. The molecule has 0 fully saturated rings. The van der Waals surface area contributed by atoms with E-state index in [4.69, 9.17) is 9.98 Å². The molecule has 3 aromatic rings. The van der Waals surface area contributed by atoms with E-state index in [2.05, 4.69) is 34.9 Å². The molecule has 0 spiro atoms. The third-order valence-corrected chi connectivity index (χ3v) is 9.22. The molecule has 9 heteroatoms. The van der Waals surface area contributed by atoms with Gasteiger partial charge >= 0.3 is 12.4 Å². The third-order valence-electron chi connectivity index (χ3n) is 9.22. The van der Waals surface area contributed by atoms with Crippen LogP contribution in [0.4, 0.5) is 32.0 Å². The van der Waals surface area contributed by atoms with Gasteiger partial charge < -0.3 is 4.57 Å². The molecule has 2 aromatic carbocycles. The van der Waals surface area contributed by atoms with Crippen molar-refractivity contribution in [1.82, 2.24) is 9.55 Å². The molecule has 2 aliphatic heterocycles. The number of alkyl halides is 6. The van der Waals surface area contributed by atoms with E-state index in [1.54, 1.807) is 0 Å². The number of rotatable bonds is 2. The average molecular weight is 602 g/mol. The highest BCUT2D eigenvalue weighted by molar-refractivity contribution is 6.12. The summed E-state index contributed by atoms with van der Waals surface area (Å²) in [4.78, 5) is 9.80. The van der Waals surface area contributed by atoms with Crippen LogP contribution >= 0.6 is 0 Å². The highest BCUT2D eigenvalue weighted by Crippen LogP contribution is 2.56. The quantitative estimate of drug-likeness (QED) is 0.269. The Morgan fingerprint density at radius 2 is 1.66 bits per heavy atom. The first kappa shape index (κ1) is 27.2. The standard InChI is InChI=1S/C35H25F6N3/c36-34(37,38)23-12-11-21-15-22-16-27(42-25(21)17-23)30-31(29(22)19-7-3-1-4-8-19)33-43-26-18-24(35(39,40)41)13-14-28(26)44(33)32(30)20-9-5-2-6-10-20/h2-3,5-9,11-14,16-18,20,30,32H,1,4,10,15H2. The number of imidazole rings is 1. The van der Waals surface area contributed by atoms with Crippen LogP contribution in [0.2, 0.25) is 0 Å². The summed E-state index contributed by atoms with van der Waals surface area (Å²) in [5.74, 6) is 0.188. The molecule has 222 valence electrons. The zero-order chi connectivity index (χ0) is 30.4. The van der Waals surface area contributed by atoms with Crippen LogP contribution in [-0.2, 0) is 18.8 Å². The molecule has 0 amide bonds. The highest BCUT2D eigenvalue weighted by atomic mass is 19.4. The molecule has 44 heavy (non-hydrogen) atoms. The van der Waals surface area contributed by atoms with Gasteiger partial charge in [0.05, 0.1) is 45.5 Å². The third kappa shape index (κ3) is 4.19. The van der Waals surface area contributed by atoms with Gasteiger partial charge in [-0.05, 0) is 78.0 Å². The van der Waals surface area contributed by atoms with Crippen molar-refractivity contribution in [3.63, 3.8) is 0 Å². The Hall–Kier alpha value is -4.40. The molecule has 3 unspecified atom stereocenters. The lowest BCUT2D eigenvalue weighted by atomic mass is 9.72. The SMILES string of the molecule is FC(F)(F)c1ccc2c(c1)N=C1C=C(C2)C(C2=CCCC=C2)=C2c3nc4cc(C(F)(F)F)ccc4n3C(C3C=CC=CC3)C12. The van der Waals surface area contributed by atoms with Crippen LogP contribution in [0.15, 0.2) is 107 Å². The fraction of sp³-hybridized carbons (Fsp3) is 0.257. The number of hydrogen-bond donors (Lipinski definition) is 0. The Labute approximate surface area is 249 Å². The summed E-state index contributed by atoms with van der Waals surface area (Å²) in [6, 6.07) is 7.11. The first-order chi connectivity index (χ1) is 21.1. The van der Waals surface area contributed by atoms with Crippen molar-refractivity contribution < 1.29 is 26.3 Å². The molecule has 0 saturated carbocycles. The van der Waals surface area contributed by atoms with Gasteiger partial charge in [0.15, 0.2) is 0 Å². The minimum absolute atomic E-state index is 0.0417. The van der Waals surface area contributed by atoms with Crippen LogP contribution in [0.5, 0.6) is 0 Å². The van der Waals surface area contributed by atoms with Crippen molar-refractivity contribution in [2.45, 2.75) is 44.1 Å². The van der Waals surface area contributed by atoms with E-state index in [0.717, 1.165) is 59.4 Å². The Morgan fingerprint density at radius 3 is 2.39 bits per heavy atom. The van der Waals surface area contributed by atoms with E-state index >= 15 is 0 Å². The molecule has 0 N–H and O–H groups in total. The molecule has 3 heterocycles. The Balaban J connectivity index is 1.41. The maximum Gasteiger partial charge on any atom is 0.416 e. The number of aromatic nitrogens is 2. The van der Waals surface area contributed by atoms with E-state index in [9.17, 15) is 26.3 Å². The van der Waals surface area contributed by atoms with Gasteiger partial charge in [0, 0.05) is 17.9 Å². The number of benzene rings is 2. The van der Waals surface area contributed by atoms with Crippen molar-refractivity contribution in [3.8, 4) is 0 Å². The number of halogens is 6. The van der Waals surface area contributed by atoms with Gasteiger partial charge in [-0.1, -0.05) is 48.6 Å².